The lowest BCUT2D eigenvalue weighted by atomic mass is 10.1. The summed E-state index contributed by atoms with van der Waals surface area (Å²) in [6.07, 6.45) is 1.85. The van der Waals surface area contributed by atoms with Gasteiger partial charge in [0.05, 0.1) is 10.7 Å². The molecule has 0 N–H and O–H groups in total. The molecule has 2 aliphatic rings. The van der Waals surface area contributed by atoms with Gasteiger partial charge in [-0.15, -0.1) is 0 Å². The van der Waals surface area contributed by atoms with Crippen molar-refractivity contribution >= 4 is 35.4 Å². The molecule has 1 saturated heterocycles. The minimum absolute atomic E-state index is 0.178. The van der Waals surface area contributed by atoms with Crippen molar-refractivity contribution in [3.63, 3.8) is 0 Å². The topological polar surface area (TPSA) is 84.9 Å². The first-order valence-electron chi connectivity index (χ1n) is 12.4. The maximum Gasteiger partial charge on any atom is 0.410 e. The van der Waals surface area contributed by atoms with Gasteiger partial charge in [-0.2, -0.15) is 8.78 Å². The second-order valence-electron chi connectivity index (χ2n) is 10.2. The van der Waals surface area contributed by atoms with Crippen LogP contribution in [0.4, 0.5) is 13.6 Å². The molecule has 0 atom stereocenters. The number of hydrogen-bond donors (Lipinski definition) is 0. The first-order chi connectivity index (χ1) is 17.9. The highest BCUT2D eigenvalue weighted by molar-refractivity contribution is 7.98. The Morgan fingerprint density at radius 2 is 1.84 bits per heavy atom. The smallest absolute Gasteiger partial charge is 0.410 e. The van der Waals surface area contributed by atoms with Crippen LogP contribution < -0.4 is 4.74 Å². The maximum atomic E-state index is 14.4. The van der Waals surface area contributed by atoms with E-state index in [2.05, 4.69) is 9.97 Å². The Kier molecular flexibility index (Phi) is 8.37. The van der Waals surface area contributed by atoms with Crippen LogP contribution in [0.2, 0.25) is 5.02 Å². The molecule has 2 heterocycles. The molecular weight excluding hydrogens is 538 g/mol. The maximum absolute atomic E-state index is 14.4. The lowest BCUT2D eigenvalue weighted by Crippen LogP contribution is -2.41. The fraction of sp³-hybridized carbons (Fsp3) is 0.538. The van der Waals surface area contributed by atoms with Crippen LogP contribution in [-0.2, 0) is 21.9 Å². The van der Waals surface area contributed by atoms with Crippen molar-refractivity contribution in [2.75, 3.05) is 39.0 Å². The highest BCUT2D eigenvalue weighted by atomic mass is 35.5. The summed E-state index contributed by atoms with van der Waals surface area (Å²) < 4.78 is 39.9. The lowest BCUT2D eigenvalue weighted by molar-refractivity contribution is -0.133. The van der Waals surface area contributed by atoms with Gasteiger partial charge in [-0.1, -0.05) is 23.4 Å². The Morgan fingerprint density at radius 3 is 2.53 bits per heavy atom. The Hall–Kier alpha value is -2.66. The lowest BCUT2D eigenvalue weighted by Gasteiger charge is -2.26. The molecule has 1 aromatic heterocycles. The van der Waals surface area contributed by atoms with Gasteiger partial charge in [0.25, 0.3) is 11.8 Å². The van der Waals surface area contributed by atoms with E-state index in [1.165, 1.54) is 11.8 Å². The van der Waals surface area contributed by atoms with Crippen molar-refractivity contribution in [3.05, 3.63) is 34.5 Å². The van der Waals surface area contributed by atoms with Crippen LogP contribution >= 0.6 is 23.4 Å². The van der Waals surface area contributed by atoms with Crippen LogP contribution in [-0.4, -0.2) is 76.4 Å². The molecule has 2 amide bonds. The van der Waals surface area contributed by atoms with Crippen LogP contribution in [0.1, 0.15) is 44.9 Å². The van der Waals surface area contributed by atoms with Crippen LogP contribution in [0.25, 0.3) is 11.3 Å². The van der Waals surface area contributed by atoms with Gasteiger partial charge >= 0.3 is 6.09 Å². The Morgan fingerprint density at radius 1 is 1.13 bits per heavy atom. The van der Waals surface area contributed by atoms with Gasteiger partial charge in [0.2, 0.25) is 0 Å². The van der Waals surface area contributed by atoms with Gasteiger partial charge in [-0.3, -0.25) is 4.79 Å². The average molecular weight is 569 g/mol. The predicted molar refractivity (Wildman–Crippen MR) is 141 cm³/mol. The van der Waals surface area contributed by atoms with Gasteiger partial charge in [0.1, 0.15) is 17.0 Å². The zero-order valence-electron chi connectivity index (χ0n) is 21.9. The van der Waals surface area contributed by atoms with Gasteiger partial charge in [-0.25, -0.2) is 14.8 Å². The molecule has 0 radical (unpaired) electrons. The number of alkyl halides is 2. The Bertz CT molecular complexity index is 1220. The number of aromatic nitrogens is 2. The third-order valence-electron chi connectivity index (χ3n) is 6.26. The summed E-state index contributed by atoms with van der Waals surface area (Å²) in [5.41, 5.74) is 0.623. The normalized spacial score (nSPS) is 17.1. The number of nitrogens with zero attached hydrogens (tertiary/aromatic N) is 4. The second kappa shape index (κ2) is 11.2. The number of rotatable bonds is 5. The van der Waals surface area contributed by atoms with E-state index in [1.807, 2.05) is 20.8 Å². The average Bonchev–Trinajstić information content (AvgIpc) is 3.01. The quantitative estimate of drug-likeness (QED) is 0.352. The summed E-state index contributed by atoms with van der Waals surface area (Å²) in [6, 6.07) is 4.91. The molecule has 0 saturated carbocycles. The van der Waals surface area contributed by atoms with E-state index in [0.29, 0.717) is 55.2 Å². The van der Waals surface area contributed by atoms with Gasteiger partial charge in [0.15, 0.2) is 11.8 Å². The molecule has 4 rings (SSSR count). The third-order valence-corrected chi connectivity index (χ3v) is 7.10. The molecule has 1 fully saturated rings. The van der Waals surface area contributed by atoms with E-state index < -0.39 is 17.6 Å². The summed E-state index contributed by atoms with van der Waals surface area (Å²) in [5, 5.41) is 0.509. The number of thioether (sulfide) groups is 1. The van der Waals surface area contributed by atoms with E-state index >= 15 is 0 Å². The fourth-order valence-corrected chi connectivity index (χ4v) is 5.01. The SMILES string of the molecule is CSc1nc(-c2ccc(OCC(=O)N3CCCN(C(=O)OC(C)(C)C)CC3)c(Cl)c2)c2c(n1)C(F)(F)CC2. The molecule has 2 aromatic rings. The molecule has 1 aromatic carbocycles. The summed E-state index contributed by atoms with van der Waals surface area (Å²) in [7, 11) is 0. The Balaban J connectivity index is 1.40. The zero-order valence-corrected chi connectivity index (χ0v) is 23.4. The molecular formula is C26H31ClF2N4O4S. The minimum Gasteiger partial charge on any atom is -0.482 e. The number of ether oxygens (including phenoxy) is 2. The van der Waals surface area contributed by atoms with Crippen molar-refractivity contribution in [1.29, 1.82) is 0 Å². The van der Waals surface area contributed by atoms with Crippen molar-refractivity contribution in [3.8, 4) is 17.0 Å². The number of fused-ring (bicyclic) bond motifs is 1. The van der Waals surface area contributed by atoms with E-state index in [4.69, 9.17) is 21.1 Å². The summed E-state index contributed by atoms with van der Waals surface area (Å²) in [5.74, 6) is -2.91. The third kappa shape index (κ3) is 6.48. The van der Waals surface area contributed by atoms with Crippen LogP contribution in [0.3, 0.4) is 0 Å². The van der Waals surface area contributed by atoms with E-state index in [-0.39, 0.29) is 41.2 Å². The predicted octanol–water partition coefficient (Wildman–Crippen LogP) is 5.41. The molecule has 0 unspecified atom stereocenters. The molecule has 1 aliphatic carbocycles. The van der Waals surface area contributed by atoms with Crippen molar-refractivity contribution < 1.29 is 27.8 Å². The standard InChI is InChI=1S/C26H31ClF2N4O4S/c1-25(2,3)37-24(35)33-11-5-10-32(12-13-33)20(34)15-36-19-7-6-16(14-18(19)27)21-17-8-9-26(28,29)22(17)31-23(30-21)38-4/h6-7,14H,5,8-13,15H2,1-4H3. The summed E-state index contributed by atoms with van der Waals surface area (Å²) >= 11 is 7.66. The molecule has 8 nitrogen and oxygen atoms in total. The van der Waals surface area contributed by atoms with Gasteiger partial charge < -0.3 is 19.3 Å². The van der Waals surface area contributed by atoms with Gasteiger partial charge in [-0.05, 0) is 58.1 Å². The molecule has 1 aliphatic heterocycles. The van der Waals surface area contributed by atoms with Crippen LogP contribution in [0.15, 0.2) is 23.4 Å². The largest absolute Gasteiger partial charge is 0.482 e. The zero-order chi connectivity index (χ0) is 27.7. The van der Waals surface area contributed by atoms with Crippen LogP contribution in [0, 0.1) is 0 Å². The second-order valence-corrected chi connectivity index (χ2v) is 11.4. The highest BCUT2D eigenvalue weighted by Crippen LogP contribution is 2.44. The molecule has 38 heavy (non-hydrogen) atoms. The monoisotopic (exact) mass is 568 g/mol. The van der Waals surface area contributed by atoms with E-state index in [9.17, 15) is 18.4 Å². The van der Waals surface area contributed by atoms with E-state index in [1.54, 1.807) is 34.3 Å². The fourth-order valence-electron chi connectivity index (χ4n) is 4.41. The summed E-state index contributed by atoms with van der Waals surface area (Å²) in [6.45, 7) is 6.96. The minimum atomic E-state index is -2.98. The first-order valence-corrected chi connectivity index (χ1v) is 14.0. The van der Waals surface area contributed by atoms with Crippen molar-refractivity contribution in [2.24, 2.45) is 0 Å². The number of carbonyl (C=O) groups excluding carboxylic acids is 2. The summed E-state index contributed by atoms with van der Waals surface area (Å²) in [4.78, 5) is 37.0. The van der Waals surface area contributed by atoms with Crippen molar-refractivity contribution in [2.45, 2.75) is 56.7 Å². The van der Waals surface area contributed by atoms with Gasteiger partial charge in [0, 0.05) is 43.7 Å². The molecule has 206 valence electrons. The van der Waals surface area contributed by atoms with E-state index in [0.717, 1.165) is 0 Å². The molecule has 0 spiro atoms. The first kappa shape index (κ1) is 28.4. The number of benzene rings is 1. The number of halogens is 3. The number of hydrogen-bond acceptors (Lipinski definition) is 7. The number of amides is 2. The molecule has 12 heteroatoms. The highest BCUT2D eigenvalue weighted by Gasteiger charge is 2.43. The molecule has 0 bridgehead atoms. The number of carbonyl (C=O) groups is 2. The van der Waals surface area contributed by atoms with Crippen molar-refractivity contribution in [1.82, 2.24) is 19.8 Å². The Labute approximate surface area is 230 Å². The van der Waals surface area contributed by atoms with Crippen LogP contribution in [0.5, 0.6) is 5.75 Å².